The predicted octanol–water partition coefficient (Wildman–Crippen LogP) is 3.79. The second kappa shape index (κ2) is 6.25. The van der Waals surface area contributed by atoms with Gasteiger partial charge in [0.1, 0.15) is 0 Å². The highest BCUT2D eigenvalue weighted by molar-refractivity contribution is 6.35. The predicted molar refractivity (Wildman–Crippen MR) is 81.2 cm³/mol. The Labute approximate surface area is 128 Å². The van der Waals surface area contributed by atoms with Crippen LogP contribution < -0.4 is 9.88 Å². The molecule has 0 aliphatic heterocycles. The molecule has 0 aliphatic carbocycles. The van der Waals surface area contributed by atoms with Crippen LogP contribution >= 0.6 is 23.2 Å². The van der Waals surface area contributed by atoms with E-state index in [0.717, 1.165) is 5.69 Å². The van der Waals surface area contributed by atoms with Gasteiger partial charge in [-0.05, 0) is 18.2 Å². The number of carbonyl (C=O) groups is 1. The Kier molecular flexibility index (Phi) is 4.63. The summed E-state index contributed by atoms with van der Waals surface area (Å²) in [7, 11) is 0. The normalized spacial score (nSPS) is 12.0. The number of hydrogen-bond acceptors (Lipinski definition) is 1. The SMILES string of the molecule is Cc1cccc[n+]1[C@@H](C)C(=O)Nc1cc(Cl)ccc1Cl. The molecule has 0 aliphatic rings. The van der Waals surface area contributed by atoms with Crippen molar-refractivity contribution in [1.82, 2.24) is 0 Å². The van der Waals surface area contributed by atoms with Crippen LogP contribution in [0.5, 0.6) is 0 Å². The second-order valence-electron chi connectivity index (χ2n) is 4.54. The van der Waals surface area contributed by atoms with Gasteiger partial charge in [-0.2, -0.15) is 4.57 Å². The fourth-order valence-corrected chi connectivity index (χ4v) is 2.27. The molecule has 0 radical (unpaired) electrons. The van der Waals surface area contributed by atoms with E-state index in [-0.39, 0.29) is 11.9 Å². The molecule has 104 valence electrons. The first-order valence-corrected chi connectivity index (χ1v) is 6.97. The molecule has 0 saturated carbocycles. The lowest BCUT2D eigenvalue weighted by Gasteiger charge is -2.11. The molecule has 1 atom stereocenters. The van der Waals surface area contributed by atoms with Crippen molar-refractivity contribution in [3.8, 4) is 0 Å². The van der Waals surface area contributed by atoms with Gasteiger partial charge < -0.3 is 5.32 Å². The molecule has 0 spiro atoms. The van der Waals surface area contributed by atoms with E-state index in [4.69, 9.17) is 23.2 Å². The summed E-state index contributed by atoms with van der Waals surface area (Å²) in [5, 5.41) is 3.79. The number of hydrogen-bond donors (Lipinski definition) is 1. The summed E-state index contributed by atoms with van der Waals surface area (Å²) >= 11 is 11.9. The molecule has 2 aromatic rings. The molecule has 1 N–H and O–H groups in total. The molecule has 5 heteroatoms. The van der Waals surface area contributed by atoms with Crippen LogP contribution in [0.25, 0.3) is 0 Å². The molecule has 0 bridgehead atoms. The van der Waals surface area contributed by atoms with Crippen LogP contribution in [-0.4, -0.2) is 5.91 Å². The van der Waals surface area contributed by atoms with Gasteiger partial charge in [0, 0.05) is 31.0 Å². The van der Waals surface area contributed by atoms with Crippen LogP contribution in [0.3, 0.4) is 0 Å². The van der Waals surface area contributed by atoms with Gasteiger partial charge in [0.2, 0.25) is 6.04 Å². The van der Waals surface area contributed by atoms with Crippen LogP contribution in [0.15, 0.2) is 42.6 Å². The van der Waals surface area contributed by atoms with Crippen molar-refractivity contribution >= 4 is 34.8 Å². The number of halogens is 2. The van der Waals surface area contributed by atoms with Crippen LogP contribution in [0.1, 0.15) is 18.7 Å². The number of aromatic nitrogens is 1. The van der Waals surface area contributed by atoms with Crippen molar-refractivity contribution < 1.29 is 9.36 Å². The van der Waals surface area contributed by atoms with Crippen LogP contribution in [0.4, 0.5) is 5.69 Å². The summed E-state index contributed by atoms with van der Waals surface area (Å²) in [6, 6.07) is 10.4. The molecule has 1 heterocycles. The zero-order valence-electron chi connectivity index (χ0n) is 11.2. The quantitative estimate of drug-likeness (QED) is 0.860. The molecule has 0 unspecified atom stereocenters. The van der Waals surface area contributed by atoms with Crippen molar-refractivity contribution in [3.05, 3.63) is 58.3 Å². The summed E-state index contributed by atoms with van der Waals surface area (Å²) in [4.78, 5) is 12.3. The van der Waals surface area contributed by atoms with E-state index in [0.29, 0.717) is 15.7 Å². The summed E-state index contributed by atoms with van der Waals surface area (Å²) in [6.45, 7) is 3.79. The molecular formula is C15H15Cl2N2O+. The molecule has 1 aromatic heterocycles. The fourth-order valence-electron chi connectivity index (χ4n) is 1.93. The first-order valence-electron chi connectivity index (χ1n) is 6.21. The van der Waals surface area contributed by atoms with E-state index >= 15 is 0 Å². The number of nitrogens with one attached hydrogen (secondary N) is 1. The molecule has 2 rings (SSSR count). The smallest absolute Gasteiger partial charge is 0.293 e. The molecule has 20 heavy (non-hydrogen) atoms. The van der Waals surface area contributed by atoms with E-state index in [1.807, 2.05) is 42.8 Å². The highest BCUT2D eigenvalue weighted by atomic mass is 35.5. The zero-order chi connectivity index (χ0) is 14.7. The average Bonchev–Trinajstić information content (AvgIpc) is 2.42. The van der Waals surface area contributed by atoms with Crippen molar-refractivity contribution in [2.75, 3.05) is 5.32 Å². The first kappa shape index (κ1) is 14.8. The Morgan fingerprint density at radius 2 is 2.00 bits per heavy atom. The van der Waals surface area contributed by atoms with Gasteiger partial charge in [0.05, 0.1) is 10.7 Å². The van der Waals surface area contributed by atoms with Crippen molar-refractivity contribution in [2.45, 2.75) is 19.9 Å². The Bertz CT molecular complexity index is 644. The summed E-state index contributed by atoms with van der Waals surface area (Å²) in [5.41, 5.74) is 1.53. The number of carbonyl (C=O) groups excluding carboxylic acids is 1. The van der Waals surface area contributed by atoms with Crippen molar-refractivity contribution in [3.63, 3.8) is 0 Å². The maximum Gasteiger partial charge on any atom is 0.293 e. The van der Waals surface area contributed by atoms with E-state index in [2.05, 4.69) is 5.32 Å². The van der Waals surface area contributed by atoms with E-state index in [1.165, 1.54) is 0 Å². The van der Waals surface area contributed by atoms with Gasteiger partial charge in [0.25, 0.3) is 5.91 Å². The van der Waals surface area contributed by atoms with Gasteiger partial charge in [-0.3, -0.25) is 4.79 Å². The lowest BCUT2D eigenvalue weighted by molar-refractivity contribution is -0.711. The van der Waals surface area contributed by atoms with Gasteiger partial charge in [-0.15, -0.1) is 0 Å². The minimum atomic E-state index is -0.341. The lowest BCUT2D eigenvalue weighted by atomic mass is 10.2. The highest BCUT2D eigenvalue weighted by Gasteiger charge is 2.24. The van der Waals surface area contributed by atoms with Gasteiger partial charge >= 0.3 is 0 Å². The minimum Gasteiger partial charge on any atom is -0.319 e. The third-order valence-electron chi connectivity index (χ3n) is 3.09. The van der Waals surface area contributed by atoms with Crippen LogP contribution in [0.2, 0.25) is 10.0 Å². The number of benzene rings is 1. The lowest BCUT2D eigenvalue weighted by Crippen LogP contribution is -2.46. The Morgan fingerprint density at radius 3 is 2.70 bits per heavy atom. The maximum absolute atomic E-state index is 12.3. The monoisotopic (exact) mass is 309 g/mol. The number of amides is 1. The van der Waals surface area contributed by atoms with Crippen molar-refractivity contribution in [2.24, 2.45) is 0 Å². The number of rotatable bonds is 3. The Hall–Kier alpha value is -1.58. The number of anilines is 1. The third kappa shape index (κ3) is 3.30. The standard InChI is InChI=1S/C15H14Cl2N2O/c1-10-5-3-4-8-19(10)11(2)15(20)18-14-9-12(16)6-7-13(14)17/h3-9,11H,1-2H3/p+1/t11-/m0/s1. The summed E-state index contributed by atoms with van der Waals surface area (Å²) < 4.78 is 1.90. The topological polar surface area (TPSA) is 33.0 Å². The highest BCUT2D eigenvalue weighted by Crippen LogP contribution is 2.25. The number of nitrogens with zero attached hydrogens (tertiary/aromatic N) is 1. The van der Waals surface area contributed by atoms with Crippen molar-refractivity contribution in [1.29, 1.82) is 0 Å². The van der Waals surface area contributed by atoms with Gasteiger partial charge in [-0.25, -0.2) is 0 Å². The zero-order valence-corrected chi connectivity index (χ0v) is 12.7. The first-order chi connectivity index (χ1) is 9.49. The second-order valence-corrected chi connectivity index (χ2v) is 5.38. The summed E-state index contributed by atoms with van der Waals surface area (Å²) in [5.74, 6) is -0.145. The molecule has 1 amide bonds. The molecule has 0 fully saturated rings. The molecule has 1 aromatic carbocycles. The molecule has 3 nitrogen and oxygen atoms in total. The summed E-state index contributed by atoms with van der Waals surface area (Å²) in [6.07, 6.45) is 1.87. The average molecular weight is 310 g/mol. The maximum atomic E-state index is 12.3. The molecular weight excluding hydrogens is 295 g/mol. The Balaban J connectivity index is 2.20. The molecule has 0 saturated heterocycles. The van der Waals surface area contributed by atoms with E-state index in [9.17, 15) is 4.79 Å². The fraction of sp³-hybridized carbons (Fsp3) is 0.200. The Morgan fingerprint density at radius 1 is 1.25 bits per heavy atom. The number of pyridine rings is 1. The number of aryl methyl sites for hydroxylation is 1. The minimum absolute atomic E-state index is 0.145. The van der Waals surface area contributed by atoms with Crippen LogP contribution in [0, 0.1) is 6.92 Å². The van der Waals surface area contributed by atoms with Gasteiger partial charge in [-0.1, -0.05) is 29.3 Å². The van der Waals surface area contributed by atoms with Crippen LogP contribution in [-0.2, 0) is 4.79 Å². The van der Waals surface area contributed by atoms with Gasteiger partial charge in [0.15, 0.2) is 11.9 Å². The third-order valence-corrected chi connectivity index (χ3v) is 3.65. The largest absolute Gasteiger partial charge is 0.319 e. The van der Waals surface area contributed by atoms with E-state index in [1.54, 1.807) is 18.2 Å². The van der Waals surface area contributed by atoms with E-state index < -0.39 is 0 Å².